The van der Waals surface area contributed by atoms with Gasteiger partial charge >= 0.3 is 5.97 Å². The molecule has 0 spiro atoms. The van der Waals surface area contributed by atoms with Crippen molar-refractivity contribution in [3.05, 3.63) is 36.1 Å². The molecule has 0 aromatic rings. The van der Waals surface area contributed by atoms with Gasteiger partial charge in [-0.05, 0) is 216 Å². The molecular formula is C46H52O2. The first kappa shape index (κ1) is 24.8. The van der Waals surface area contributed by atoms with E-state index in [1.54, 1.807) is 38.5 Å². The molecule has 17 aliphatic carbocycles. The highest BCUT2D eigenvalue weighted by molar-refractivity contribution is 5.72. The molecule has 0 saturated heterocycles. The van der Waals surface area contributed by atoms with E-state index in [0.717, 1.165) is 166 Å². The molecule has 0 aromatic heterocycles. The van der Waals surface area contributed by atoms with Crippen molar-refractivity contribution in [2.45, 2.75) is 51.9 Å². The van der Waals surface area contributed by atoms with E-state index in [0.29, 0.717) is 12.3 Å². The number of hydrogen-bond acceptors (Lipinski definition) is 2. The molecule has 17 aliphatic rings. The third-order valence-corrected chi connectivity index (χ3v) is 24.1. The summed E-state index contributed by atoms with van der Waals surface area (Å²) >= 11 is 0. The van der Waals surface area contributed by atoms with Crippen LogP contribution in [0.3, 0.4) is 0 Å². The van der Waals surface area contributed by atoms with Gasteiger partial charge in [0.15, 0.2) is 0 Å². The van der Waals surface area contributed by atoms with E-state index in [1.807, 2.05) is 5.57 Å². The zero-order valence-electron chi connectivity index (χ0n) is 28.5. The highest BCUT2D eigenvalue weighted by Gasteiger charge is 2.90. The molecule has 14 fully saturated rings. The summed E-state index contributed by atoms with van der Waals surface area (Å²) in [7, 11) is 0. The average Bonchev–Trinajstić information content (AvgIpc) is 3.73. The van der Waals surface area contributed by atoms with Gasteiger partial charge in [0.25, 0.3) is 0 Å². The topological polar surface area (TPSA) is 26.3 Å². The summed E-state index contributed by atoms with van der Waals surface area (Å²) in [6.45, 7) is 6.39. The van der Waals surface area contributed by atoms with Crippen LogP contribution < -0.4 is 0 Å². The second-order valence-electron chi connectivity index (χ2n) is 22.9. The van der Waals surface area contributed by atoms with Gasteiger partial charge < -0.3 is 4.74 Å². The molecule has 48 heavy (non-hydrogen) atoms. The normalized spacial score (nSPS) is 77.8. The smallest absolute Gasteiger partial charge is 0.311 e. The summed E-state index contributed by atoms with van der Waals surface area (Å²) in [5, 5.41) is 0. The quantitative estimate of drug-likeness (QED) is 0.178. The van der Waals surface area contributed by atoms with Gasteiger partial charge in [0, 0.05) is 5.92 Å². The first-order chi connectivity index (χ1) is 23.6. The minimum absolute atomic E-state index is 0.00590. The Bertz CT molecular complexity index is 1800. The molecule has 31 unspecified atom stereocenters. The Balaban J connectivity index is 0.987. The van der Waals surface area contributed by atoms with E-state index in [-0.39, 0.29) is 11.4 Å². The van der Waals surface area contributed by atoms with Crippen molar-refractivity contribution < 1.29 is 9.53 Å². The molecule has 0 aliphatic heterocycles. The maximum Gasteiger partial charge on any atom is 0.311 e. The summed E-state index contributed by atoms with van der Waals surface area (Å²) in [4.78, 5) is 13.4. The minimum Gasteiger partial charge on any atom is -0.435 e. The number of hydrogen-bond donors (Lipinski definition) is 0. The Labute approximate surface area is 285 Å². The van der Waals surface area contributed by atoms with Crippen molar-refractivity contribution in [1.82, 2.24) is 0 Å². The molecule has 0 aromatic carbocycles. The van der Waals surface area contributed by atoms with Gasteiger partial charge in [-0.3, -0.25) is 4.79 Å². The van der Waals surface area contributed by atoms with Gasteiger partial charge in [-0.2, -0.15) is 0 Å². The Morgan fingerprint density at radius 3 is 1.81 bits per heavy atom. The molecule has 248 valence electrons. The summed E-state index contributed by atoms with van der Waals surface area (Å²) in [5.41, 5.74) is 4.30. The van der Waals surface area contributed by atoms with Crippen LogP contribution in [-0.2, 0) is 9.53 Å². The van der Waals surface area contributed by atoms with E-state index >= 15 is 0 Å². The van der Waals surface area contributed by atoms with E-state index in [1.165, 1.54) is 12.2 Å². The lowest BCUT2D eigenvalue weighted by Crippen LogP contribution is -2.58. The van der Waals surface area contributed by atoms with Gasteiger partial charge in [0.05, 0.1) is 12.7 Å². The van der Waals surface area contributed by atoms with Crippen molar-refractivity contribution in [3.8, 4) is 0 Å². The van der Waals surface area contributed by atoms with Crippen LogP contribution in [0.1, 0.15) is 51.9 Å². The third-order valence-electron chi connectivity index (χ3n) is 24.1. The van der Waals surface area contributed by atoms with Crippen LogP contribution in [0, 0.1) is 183 Å². The Kier molecular flexibility index (Phi) is 3.58. The summed E-state index contributed by atoms with van der Waals surface area (Å²) in [5.74, 6) is 31.0. The molecule has 14 saturated carbocycles. The van der Waals surface area contributed by atoms with Crippen molar-refractivity contribution in [2.24, 2.45) is 183 Å². The number of rotatable bonds is 3. The number of fused-ring (bicyclic) bond motifs is 8. The van der Waals surface area contributed by atoms with Crippen molar-refractivity contribution in [1.29, 1.82) is 0 Å². The molecule has 2 nitrogen and oxygen atoms in total. The highest BCUT2D eigenvalue weighted by atomic mass is 16.5. The summed E-state index contributed by atoms with van der Waals surface area (Å²) < 4.78 is 5.56. The summed E-state index contributed by atoms with van der Waals surface area (Å²) in [6, 6.07) is 0. The second kappa shape index (κ2) is 6.94. The van der Waals surface area contributed by atoms with Crippen molar-refractivity contribution >= 4 is 5.97 Å². The third kappa shape index (κ3) is 1.96. The van der Waals surface area contributed by atoms with E-state index in [9.17, 15) is 4.79 Å². The molecule has 0 N–H and O–H groups in total. The maximum absolute atomic E-state index is 13.4. The zero-order valence-corrected chi connectivity index (χ0v) is 28.5. The fraction of sp³-hybridized carbons (Fsp3) is 0.848. The van der Waals surface area contributed by atoms with E-state index in [4.69, 9.17) is 4.74 Å². The van der Waals surface area contributed by atoms with Crippen molar-refractivity contribution in [3.63, 3.8) is 0 Å². The molecule has 2 heteroatoms. The fourth-order valence-corrected chi connectivity index (χ4v) is 25.5. The highest BCUT2D eigenvalue weighted by Crippen LogP contribution is 2.94. The van der Waals surface area contributed by atoms with E-state index in [2.05, 4.69) is 31.2 Å². The standard InChI is InChI=1S/C46H52O2/c1-3-48-21(47)12-46(2)44-30-19-10-8-17-15-6-4-13-14-5-7-16-18-9-11-20-29-27(18)34-25(16)23(14)32-22(13)24(15)33-26(17)28(19)35-37(30)38(31(20)45(44)46)36(29)43-41(34)39(32)40(33)42(35)43/h3,8,10,13-20,22-29,31-36,38-45H,1,4-7,9,11-12H2,2H3. The molecule has 0 amide bonds. The summed E-state index contributed by atoms with van der Waals surface area (Å²) in [6.07, 6.45) is 17.6. The predicted molar refractivity (Wildman–Crippen MR) is 178 cm³/mol. The van der Waals surface area contributed by atoms with Gasteiger partial charge in [-0.15, -0.1) is 0 Å². The molecule has 0 heterocycles. The SMILES string of the molecule is C=COC(=O)CC1(C)C2C3=C4C5C6C3C=CC3C7CCC8C9CCC%10C%11CCC%12C%13C%11C%11C%10C9C9C8C7C(C36)C3C5C(C%13C4C%12C21)C%11C93. The predicted octanol–water partition coefficient (Wildman–Crippen LogP) is 7.98. The van der Waals surface area contributed by atoms with E-state index < -0.39 is 0 Å². The number of allylic oxidation sites excluding steroid dienone is 4. The average molecular weight is 637 g/mol. The van der Waals surface area contributed by atoms with Crippen LogP contribution in [-0.4, -0.2) is 5.97 Å². The van der Waals surface area contributed by atoms with Crippen LogP contribution >= 0.6 is 0 Å². The first-order valence-electron chi connectivity index (χ1n) is 21.9. The first-order valence-corrected chi connectivity index (χ1v) is 21.9. The number of esters is 1. The Morgan fingerprint density at radius 1 is 0.625 bits per heavy atom. The molecule has 31 atom stereocenters. The fourth-order valence-electron chi connectivity index (χ4n) is 25.5. The molecule has 0 bridgehead atoms. The van der Waals surface area contributed by atoms with Crippen LogP contribution in [0.2, 0.25) is 0 Å². The Hall–Kier alpha value is -1.31. The molecule has 0 radical (unpaired) electrons. The van der Waals surface area contributed by atoms with Gasteiger partial charge in [0.2, 0.25) is 0 Å². The molecular weight excluding hydrogens is 585 g/mol. The second-order valence-corrected chi connectivity index (χ2v) is 22.9. The minimum atomic E-state index is 0.00590. The lowest BCUT2D eigenvalue weighted by molar-refractivity contribution is -0.146. The van der Waals surface area contributed by atoms with Gasteiger partial charge in [-0.1, -0.05) is 36.8 Å². The van der Waals surface area contributed by atoms with Gasteiger partial charge in [0.1, 0.15) is 0 Å². The number of ether oxygens (including phenoxy) is 1. The molecule has 17 rings (SSSR count). The largest absolute Gasteiger partial charge is 0.435 e. The van der Waals surface area contributed by atoms with Crippen LogP contribution in [0.4, 0.5) is 0 Å². The van der Waals surface area contributed by atoms with Crippen LogP contribution in [0.25, 0.3) is 0 Å². The monoisotopic (exact) mass is 636 g/mol. The number of carbonyl (C=O) groups is 1. The number of carbonyl (C=O) groups excluding carboxylic acids is 1. The van der Waals surface area contributed by atoms with Crippen LogP contribution in [0.15, 0.2) is 36.1 Å². The lowest BCUT2D eigenvalue weighted by atomic mass is 9.43. The maximum atomic E-state index is 13.4. The van der Waals surface area contributed by atoms with Crippen LogP contribution in [0.5, 0.6) is 0 Å². The zero-order chi connectivity index (χ0) is 30.3. The van der Waals surface area contributed by atoms with Crippen molar-refractivity contribution in [2.75, 3.05) is 0 Å². The van der Waals surface area contributed by atoms with Gasteiger partial charge in [-0.25, -0.2) is 0 Å². The Morgan fingerprint density at radius 2 is 1.12 bits per heavy atom. The lowest BCUT2D eigenvalue weighted by Gasteiger charge is -2.61.